The highest BCUT2D eigenvalue weighted by Gasteiger charge is 2.14. The lowest BCUT2D eigenvalue weighted by molar-refractivity contribution is -0.133. The quantitative estimate of drug-likeness (QED) is 0.704. The fraction of sp³-hybridized carbons (Fsp3) is 0.900. The SMILES string of the molecule is CCN(CC(C)O)C(=O)CC(C)C. The van der Waals surface area contributed by atoms with Gasteiger partial charge in [0.2, 0.25) is 5.91 Å². The molecule has 78 valence electrons. The minimum atomic E-state index is -0.434. The van der Waals surface area contributed by atoms with Gasteiger partial charge in [-0.2, -0.15) is 0 Å². The van der Waals surface area contributed by atoms with Crippen molar-refractivity contribution in [3.05, 3.63) is 0 Å². The molecule has 0 spiro atoms. The van der Waals surface area contributed by atoms with E-state index in [4.69, 9.17) is 5.11 Å². The summed E-state index contributed by atoms with van der Waals surface area (Å²) >= 11 is 0. The molecule has 0 saturated carbocycles. The Morgan fingerprint density at radius 1 is 1.38 bits per heavy atom. The molecule has 0 fully saturated rings. The summed E-state index contributed by atoms with van der Waals surface area (Å²) in [5, 5.41) is 9.14. The van der Waals surface area contributed by atoms with Crippen LogP contribution in [0, 0.1) is 5.92 Å². The van der Waals surface area contributed by atoms with Gasteiger partial charge >= 0.3 is 0 Å². The largest absolute Gasteiger partial charge is 0.392 e. The van der Waals surface area contributed by atoms with Gasteiger partial charge in [0.15, 0.2) is 0 Å². The predicted octanol–water partition coefficient (Wildman–Crippen LogP) is 1.26. The van der Waals surface area contributed by atoms with E-state index >= 15 is 0 Å². The molecular formula is C10H21NO2. The highest BCUT2D eigenvalue weighted by Crippen LogP contribution is 2.04. The van der Waals surface area contributed by atoms with Crippen molar-refractivity contribution in [2.75, 3.05) is 13.1 Å². The molecule has 0 aliphatic carbocycles. The number of hydrogen-bond donors (Lipinski definition) is 1. The number of likely N-dealkylation sites (N-methyl/N-ethyl adjacent to an activating group) is 1. The van der Waals surface area contributed by atoms with Gasteiger partial charge in [-0.05, 0) is 19.8 Å². The standard InChI is InChI=1S/C10H21NO2/c1-5-11(7-9(4)12)10(13)6-8(2)3/h8-9,12H,5-7H2,1-4H3. The molecule has 0 aromatic rings. The molecule has 1 atom stereocenters. The Hall–Kier alpha value is -0.570. The molecule has 1 unspecified atom stereocenters. The number of carbonyl (C=O) groups excluding carboxylic acids is 1. The first-order valence-corrected chi connectivity index (χ1v) is 4.93. The van der Waals surface area contributed by atoms with Crippen LogP contribution in [-0.4, -0.2) is 35.1 Å². The normalized spacial score (nSPS) is 13.1. The van der Waals surface area contributed by atoms with E-state index in [9.17, 15) is 4.79 Å². The Balaban J connectivity index is 3.99. The van der Waals surface area contributed by atoms with Crippen molar-refractivity contribution in [2.45, 2.75) is 40.2 Å². The van der Waals surface area contributed by atoms with E-state index in [2.05, 4.69) is 0 Å². The lowest BCUT2D eigenvalue weighted by atomic mass is 10.1. The van der Waals surface area contributed by atoms with Gasteiger partial charge in [0, 0.05) is 19.5 Å². The van der Waals surface area contributed by atoms with Gasteiger partial charge in [0.1, 0.15) is 0 Å². The molecule has 0 bridgehead atoms. The zero-order valence-corrected chi connectivity index (χ0v) is 9.08. The zero-order chi connectivity index (χ0) is 10.4. The number of hydrogen-bond acceptors (Lipinski definition) is 2. The predicted molar refractivity (Wildman–Crippen MR) is 53.4 cm³/mol. The van der Waals surface area contributed by atoms with E-state index in [1.807, 2.05) is 20.8 Å². The van der Waals surface area contributed by atoms with E-state index in [1.165, 1.54) is 0 Å². The summed E-state index contributed by atoms with van der Waals surface area (Å²) in [5.74, 6) is 0.522. The summed E-state index contributed by atoms with van der Waals surface area (Å²) in [5.41, 5.74) is 0. The van der Waals surface area contributed by atoms with Gasteiger partial charge in [-0.3, -0.25) is 4.79 Å². The molecule has 0 heterocycles. The van der Waals surface area contributed by atoms with Crippen LogP contribution in [0.3, 0.4) is 0 Å². The molecular weight excluding hydrogens is 166 g/mol. The maximum atomic E-state index is 11.5. The summed E-state index contributed by atoms with van der Waals surface area (Å²) in [4.78, 5) is 13.2. The van der Waals surface area contributed by atoms with Crippen molar-refractivity contribution in [1.82, 2.24) is 4.90 Å². The van der Waals surface area contributed by atoms with Crippen LogP contribution in [-0.2, 0) is 4.79 Å². The number of aliphatic hydroxyl groups excluding tert-OH is 1. The molecule has 0 saturated heterocycles. The summed E-state index contributed by atoms with van der Waals surface area (Å²) in [6, 6.07) is 0. The Kier molecular flexibility index (Phi) is 5.71. The first-order valence-electron chi connectivity index (χ1n) is 4.93. The Bertz CT molecular complexity index is 155. The topological polar surface area (TPSA) is 40.5 Å². The second-order valence-electron chi connectivity index (χ2n) is 3.88. The van der Waals surface area contributed by atoms with Crippen LogP contribution in [0.2, 0.25) is 0 Å². The molecule has 0 rings (SSSR count). The molecule has 0 aliphatic rings. The number of carbonyl (C=O) groups is 1. The van der Waals surface area contributed by atoms with Crippen LogP contribution in [0.5, 0.6) is 0 Å². The van der Waals surface area contributed by atoms with Gasteiger partial charge in [0.25, 0.3) is 0 Å². The summed E-state index contributed by atoms with van der Waals surface area (Å²) in [7, 11) is 0. The van der Waals surface area contributed by atoms with E-state index in [0.717, 1.165) is 0 Å². The van der Waals surface area contributed by atoms with Crippen LogP contribution in [0.15, 0.2) is 0 Å². The molecule has 1 amide bonds. The summed E-state index contributed by atoms with van der Waals surface area (Å²) < 4.78 is 0. The first-order chi connectivity index (χ1) is 5.97. The fourth-order valence-corrected chi connectivity index (χ4v) is 1.20. The average molecular weight is 187 g/mol. The highest BCUT2D eigenvalue weighted by molar-refractivity contribution is 5.76. The molecule has 0 aliphatic heterocycles. The lowest BCUT2D eigenvalue weighted by Crippen LogP contribution is -2.36. The van der Waals surface area contributed by atoms with Crippen molar-refractivity contribution < 1.29 is 9.90 Å². The Labute approximate surface area is 80.7 Å². The van der Waals surface area contributed by atoms with E-state index in [0.29, 0.717) is 25.4 Å². The summed E-state index contributed by atoms with van der Waals surface area (Å²) in [6.45, 7) is 8.80. The minimum absolute atomic E-state index is 0.137. The highest BCUT2D eigenvalue weighted by atomic mass is 16.3. The summed E-state index contributed by atoms with van der Waals surface area (Å²) in [6.07, 6.45) is 0.136. The van der Waals surface area contributed by atoms with Gasteiger partial charge in [-0.1, -0.05) is 13.8 Å². The molecule has 3 nitrogen and oxygen atoms in total. The maximum Gasteiger partial charge on any atom is 0.222 e. The smallest absolute Gasteiger partial charge is 0.222 e. The second-order valence-corrected chi connectivity index (χ2v) is 3.88. The molecule has 1 N–H and O–H groups in total. The van der Waals surface area contributed by atoms with Crippen LogP contribution >= 0.6 is 0 Å². The van der Waals surface area contributed by atoms with E-state index in [-0.39, 0.29) is 5.91 Å². The molecule has 0 radical (unpaired) electrons. The molecule has 3 heteroatoms. The van der Waals surface area contributed by atoms with Crippen LogP contribution in [0.4, 0.5) is 0 Å². The Morgan fingerprint density at radius 2 is 1.92 bits per heavy atom. The number of nitrogens with zero attached hydrogens (tertiary/aromatic N) is 1. The third-order valence-electron chi connectivity index (χ3n) is 1.80. The maximum absolute atomic E-state index is 11.5. The van der Waals surface area contributed by atoms with Crippen LogP contribution < -0.4 is 0 Å². The van der Waals surface area contributed by atoms with Crippen molar-refractivity contribution >= 4 is 5.91 Å². The third kappa shape index (κ3) is 5.64. The zero-order valence-electron chi connectivity index (χ0n) is 9.08. The molecule has 13 heavy (non-hydrogen) atoms. The van der Waals surface area contributed by atoms with Crippen molar-refractivity contribution in [2.24, 2.45) is 5.92 Å². The van der Waals surface area contributed by atoms with Crippen molar-refractivity contribution in [3.8, 4) is 0 Å². The van der Waals surface area contributed by atoms with Gasteiger partial charge in [-0.15, -0.1) is 0 Å². The van der Waals surface area contributed by atoms with E-state index < -0.39 is 6.10 Å². The fourth-order valence-electron chi connectivity index (χ4n) is 1.20. The monoisotopic (exact) mass is 187 g/mol. The van der Waals surface area contributed by atoms with Crippen LogP contribution in [0.1, 0.15) is 34.1 Å². The number of rotatable bonds is 5. The van der Waals surface area contributed by atoms with Gasteiger partial charge < -0.3 is 10.0 Å². The third-order valence-corrected chi connectivity index (χ3v) is 1.80. The number of aliphatic hydroxyl groups is 1. The minimum Gasteiger partial charge on any atom is -0.392 e. The van der Waals surface area contributed by atoms with E-state index in [1.54, 1.807) is 11.8 Å². The van der Waals surface area contributed by atoms with Gasteiger partial charge in [-0.25, -0.2) is 0 Å². The Morgan fingerprint density at radius 3 is 2.23 bits per heavy atom. The average Bonchev–Trinajstić information content (AvgIpc) is 1.98. The number of amides is 1. The lowest BCUT2D eigenvalue weighted by Gasteiger charge is -2.23. The van der Waals surface area contributed by atoms with Crippen molar-refractivity contribution in [1.29, 1.82) is 0 Å². The molecule has 0 aromatic heterocycles. The molecule has 0 aromatic carbocycles. The van der Waals surface area contributed by atoms with Crippen LogP contribution in [0.25, 0.3) is 0 Å². The van der Waals surface area contributed by atoms with Crippen molar-refractivity contribution in [3.63, 3.8) is 0 Å². The van der Waals surface area contributed by atoms with Gasteiger partial charge in [0.05, 0.1) is 6.10 Å². The second kappa shape index (κ2) is 5.97. The first kappa shape index (κ1) is 12.4.